The van der Waals surface area contributed by atoms with Crippen molar-refractivity contribution in [1.82, 2.24) is 15.4 Å². The minimum Gasteiger partial charge on any atom is -0.452 e. The average Bonchev–Trinajstić information content (AvgIpc) is 3.24. The molecule has 0 bridgehead atoms. The summed E-state index contributed by atoms with van der Waals surface area (Å²) in [5.41, 5.74) is 1.80. The van der Waals surface area contributed by atoms with Crippen molar-refractivity contribution in [3.8, 4) is 11.5 Å². The number of rotatable bonds is 6. The van der Waals surface area contributed by atoms with Gasteiger partial charge in [-0.15, -0.1) is 10.2 Å². The summed E-state index contributed by atoms with van der Waals surface area (Å²) < 4.78 is 15.9. The van der Waals surface area contributed by atoms with Crippen molar-refractivity contribution in [1.29, 1.82) is 0 Å². The molecule has 0 radical (unpaired) electrons. The number of hydrogen-bond acceptors (Lipinski definition) is 9. The van der Waals surface area contributed by atoms with Crippen LogP contribution in [0.1, 0.15) is 35.9 Å². The molecule has 0 unspecified atom stereocenters. The number of aromatic nitrogens is 3. The lowest BCUT2D eigenvalue weighted by atomic mass is 10.1. The van der Waals surface area contributed by atoms with E-state index in [0.29, 0.717) is 22.6 Å². The van der Waals surface area contributed by atoms with Crippen LogP contribution in [0.3, 0.4) is 0 Å². The Morgan fingerprint density at radius 1 is 1.26 bits per heavy atom. The zero-order valence-electron chi connectivity index (χ0n) is 14.8. The van der Waals surface area contributed by atoms with E-state index in [4.69, 9.17) is 13.7 Å². The molecule has 140 valence electrons. The summed E-state index contributed by atoms with van der Waals surface area (Å²) in [6.45, 7) is 5.08. The number of nitro benzene ring substituents is 1. The van der Waals surface area contributed by atoms with E-state index >= 15 is 0 Å². The standard InChI is InChI=1S/C17H16N4O6/c1-9-14(10(2)27-20-9)8-15(22)25-11(3)16-18-19-17(26-16)12-4-6-13(7-5-12)21(23)24/h4-7,11H,8H2,1-3H3/t11-/m0/s1. The molecule has 0 spiro atoms. The molecular weight excluding hydrogens is 356 g/mol. The van der Waals surface area contributed by atoms with Crippen LogP contribution in [0.4, 0.5) is 5.69 Å². The maximum absolute atomic E-state index is 12.1. The predicted octanol–water partition coefficient (Wildman–Crippen LogP) is 3.10. The van der Waals surface area contributed by atoms with E-state index in [0.717, 1.165) is 0 Å². The first kappa shape index (κ1) is 18.2. The Labute approximate surface area is 153 Å². The first-order chi connectivity index (χ1) is 12.8. The first-order valence-corrected chi connectivity index (χ1v) is 8.04. The van der Waals surface area contributed by atoms with Gasteiger partial charge in [-0.3, -0.25) is 14.9 Å². The van der Waals surface area contributed by atoms with Gasteiger partial charge in [-0.2, -0.15) is 0 Å². The first-order valence-electron chi connectivity index (χ1n) is 8.04. The zero-order valence-corrected chi connectivity index (χ0v) is 14.8. The van der Waals surface area contributed by atoms with Crippen LogP contribution in [0.5, 0.6) is 0 Å². The Morgan fingerprint density at radius 2 is 1.96 bits per heavy atom. The van der Waals surface area contributed by atoms with E-state index in [-0.39, 0.29) is 23.9 Å². The third kappa shape index (κ3) is 4.00. The van der Waals surface area contributed by atoms with Gasteiger partial charge < -0.3 is 13.7 Å². The van der Waals surface area contributed by atoms with Crippen molar-refractivity contribution < 1.29 is 23.4 Å². The molecule has 1 atom stereocenters. The van der Waals surface area contributed by atoms with Crippen LogP contribution in [0.15, 0.2) is 33.2 Å². The van der Waals surface area contributed by atoms with E-state index in [9.17, 15) is 14.9 Å². The maximum Gasteiger partial charge on any atom is 0.311 e. The minimum atomic E-state index is -0.753. The molecule has 0 aliphatic carbocycles. The summed E-state index contributed by atoms with van der Waals surface area (Å²) in [5.74, 6) is 0.381. The summed E-state index contributed by atoms with van der Waals surface area (Å²) in [7, 11) is 0. The van der Waals surface area contributed by atoms with Gasteiger partial charge in [-0.25, -0.2) is 0 Å². The summed E-state index contributed by atoms with van der Waals surface area (Å²) in [6.07, 6.45) is -0.730. The van der Waals surface area contributed by atoms with Crippen molar-refractivity contribution in [3.63, 3.8) is 0 Å². The number of nitro groups is 1. The van der Waals surface area contributed by atoms with Crippen molar-refractivity contribution in [2.45, 2.75) is 33.3 Å². The Morgan fingerprint density at radius 3 is 2.56 bits per heavy atom. The largest absolute Gasteiger partial charge is 0.452 e. The lowest BCUT2D eigenvalue weighted by Crippen LogP contribution is -2.12. The van der Waals surface area contributed by atoms with Crippen molar-refractivity contribution >= 4 is 11.7 Å². The molecule has 0 N–H and O–H groups in total. The molecule has 27 heavy (non-hydrogen) atoms. The average molecular weight is 372 g/mol. The number of non-ortho nitro benzene ring substituents is 1. The fourth-order valence-corrected chi connectivity index (χ4v) is 2.43. The maximum atomic E-state index is 12.1. The van der Waals surface area contributed by atoms with Gasteiger partial charge >= 0.3 is 5.97 Å². The number of aryl methyl sites for hydroxylation is 2. The van der Waals surface area contributed by atoms with Gasteiger partial charge in [-0.1, -0.05) is 5.16 Å². The summed E-state index contributed by atoms with van der Waals surface area (Å²) in [4.78, 5) is 22.3. The summed E-state index contributed by atoms with van der Waals surface area (Å²) in [6, 6.07) is 5.69. The van der Waals surface area contributed by atoms with Gasteiger partial charge in [0.25, 0.3) is 11.6 Å². The van der Waals surface area contributed by atoms with Crippen LogP contribution in [-0.2, 0) is 16.0 Å². The van der Waals surface area contributed by atoms with Gasteiger partial charge in [-0.05, 0) is 32.9 Å². The third-order valence-electron chi connectivity index (χ3n) is 3.92. The number of carbonyl (C=O) groups is 1. The molecule has 10 heteroatoms. The SMILES string of the molecule is Cc1noc(C)c1CC(=O)O[C@@H](C)c1nnc(-c2ccc([N+](=O)[O-])cc2)o1. The molecule has 2 heterocycles. The van der Waals surface area contributed by atoms with Crippen LogP contribution < -0.4 is 0 Å². The number of hydrogen-bond donors (Lipinski definition) is 0. The fourth-order valence-electron chi connectivity index (χ4n) is 2.43. The molecule has 0 saturated carbocycles. The topological polar surface area (TPSA) is 134 Å². The highest BCUT2D eigenvalue weighted by Gasteiger charge is 2.21. The Hall–Kier alpha value is -3.56. The Balaban J connectivity index is 1.66. The second-order valence-electron chi connectivity index (χ2n) is 5.86. The molecule has 0 amide bonds. The number of ether oxygens (including phenoxy) is 1. The molecule has 1 aromatic carbocycles. The monoisotopic (exact) mass is 372 g/mol. The normalized spacial score (nSPS) is 12.0. The number of esters is 1. The van der Waals surface area contributed by atoms with Gasteiger partial charge in [0.05, 0.1) is 17.0 Å². The van der Waals surface area contributed by atoms with Crippen LogP contribution >= 0.6 is 0 Å². The van der Waals surface area contributed by atoms with Crippen LogP contribution in [0.25, 0.3) is 11.5 Å². The van der Waals surface area contributed by atoms with Crippen LogP contribution in [0, 0.1) is 24.0 Å². The fraction of sp³-hybridized carbons (Fsp3) is 0.294. The quantitative estimate of drug-likeness (QED) is 0.363. The third-order valence-corrected chi connectivity index (χ3v) is 3.92. The summed E-state index contributed by atoms with van der Waals surface area (Å²) in [5, 5.41) is 22.3. The van der Waals surface area contributed by atoms with Crippen molar-refractivity contribution in [3.05, 3.63) is 57.3 Å². The second kappa shape index (κ2) is 7.36. The van der Waals surface area contributed by atoms with E-state index in [1.54, 1.807) is 20.8 Å². The Bertz CT molecular complexity index is 956. The molecule has 0 fully saturated rings. The number of carbonyl (C=O) groups excluding carboxylic acids is 1. The number of benzene rings is 1. The van der Waals surface area contributed by atoms with Gasteiger partial charge in [0, 0.05) is 23.3 Å². The van der Waals surface area contributed by atoms with E-state index in [1.807, 2.05) is 0 Å². The van der Waals surface area contributed by atoms with Crippen LogP contribution in [-0.4, -0.2) is 26.2 Å². The molecule has 0 saturated heterocycles. The molecule has 10 nitrogen and oxygen atoms in total. The predicted molar refractivity (Wildman–Crippen MR) is 90.6 cm³/mol. The van der Waals surface area contributed by atoms with Crippen molar-refractivity contribution in [2.75, 3.05) is 0 Å². The van der Waals surface area contributed by atoms with E-state index < -0.39 is 17.0 Å². The van der Waals surface area contributed by atoms with E-state index in [2.05, 4.69) is 15.4 Å². The lowest BCUT2D eigenvalue weighted by Gasteiger charge is -2.09. The Kier molecular flexibility index (Phi) is 4.97. The molecule has 0 aliphatic rings. The second-order valence-corrected chi connectivity index (χ2v) is 5.86. The van der Waals surface area contributed by atoms with Crippen molar-refractivity contribution in [2.24, 2.45) is 0 Å². The highest BCUT2D eigenvalue weighted by Crippen LogP contribution is 2.24. The number of nitrogens with zero attached hydrogens (tertiary/aromatic N) is 4. The molecular formula is C17H16N4O6. The van der Waals surface area contributed by atoms with Gasteiger partial charge in [0.1, 0.15) is 5.76 Å². The smallest absolute Gasteiger partial charge is 0.311 e. The van der Waals surface area contributed by atoms with E-state index in [1.165, 1.54) is 24.3 Å². The van der Waals surface area contributed by atoms with Gasteiger partial charge in [0.15, 0.2) is 6.10 Å². The summed E-state index contributed by atoms with van der Waals surface area (Å²) >= 11 is 0. The minimum absolute atomic E-state index is 0.0227. The molecule has 3 rings (SSSR count). The van der Waals surface area contributed by atoms with Crippen LogP contribution in [0.2, 0.25) is 0 Å². The molecule has 3 aromatic rings. The highest BCUT2D eigenvalue weighted by atomic mass is 16.6. The zero-order chi connectivity index (χ0) is 19.6. The van der Waals surface area contributed by atoms with Gasteiger partial charge in [0.2, 0.25) is 5.89 Å². The highest BCUT2D eigenvalue weighted by molar-refractivity contribution is 5.73. The molecule has 0 aliphatic heterocycles. The molecule has 2 aromatic heterocycles. The lowest BCUT2D eigenvalue weighted by molar-refractivity contribution is -0.384.